The summed E-state index contributed by atoms with van der Waals surface area (Å²) in [6, 6.07) is 43.2. The maximum absolute atomic E-state index is 6.47. The molecule has 8 rings (SSSR count). The number of para-hydroxylation sites is 1. The molecule has 0 spiro atoms. The topological polar surface area (TPSA) is 64.7 Å². The van der Waals surface area contributed by atoms with Gasteiger partial charge in [-0.25, -0.2) is 4.98 Å². The minimum absolute atomic E-state index is 0.137. The zero-order valence-electron chi connectivity index (χ0n) is 23.4. The van der Waals surface area contributed by atoms with Gasteiger partial charge in [-0.3, -0.25) is 9.97 Å². The van der Waals surface area contributed by atoms with Crippen LogP contribution in [0.4, 0.5) is 0 Å². The van der Waals surface area contributed by atoms with Crippen molar-refractivity contribution in [2.75, 3.05) is 0 Å². The third kappa shape index (κ3) is 4.79. The summed E-state index contributed by atoms with van der Waals surface area (Å²) in [6.07, 6.45) is 3.62. The molecule has 0 aliphatic rings. The van der Waals surface area contributed by atoms with Crippen molar-refractivity contribution in [3.05, 3.63) is 145 Å². The van der Waals surface area contributed by atoms with Gasteiger partial charge in [-0.2, -0.15) is 4.98 Å². The van der Waals surface area contributed by atoms with Crippen LogP contribution in [0, 0.1) is 0 Å². The zero-order chi connectivity index (χ0) is 29.5. The van der Waals surface area contributed by atoms with Crippen molar-refractivity contribution in [3.63, 3.8) is 0 Å². The van der Waals surface area contributed by atoms with Crippen molar-refractivity contribution in [3.8, 4) is 56.0 Å². The molecule has 4 heterocycles. The minimum Gasteiger partial charge on any atom is -0.438 e. The first-order chi connectivity index (χ1) is 21.7. The maximum atomic E-state index is 6.47. The maximum Gasteiger partial charge on any atom is 0.232 e. The lowest BCUT2D eigenvalue weighted by atomic mass is 9.93. The second kappa shape index (κ2) is 10.9. The fraction of sp³-hybridized carbons (Fsp3) is 0. The van der Waals surface area contributed by atoms with Gasteiger partial charge in [0.15, 0.2) is 0 Å². The molecule has 0 unspecified atom stereocenters. The summed E-state index contributed by atoms with van der Waals surface area (Å²) >= 11 is 6.47. The van der Waals surface area contributed by atoms with Crippen LogP contribution in [0.2, 0.25) is 5.28 Å². The van der Waals surface area contributed by atoms with Crippen LogP contribution in [-0.4, -0.2) is 19.9 Å². The minimum atomic E-state index is 0.137. The summed E-state index contributed by atoms with van der Waals surface area (Å²) in [5.74, 6) is 0. The monoisotopic (exact) mass is 586 g/mol. The number of rotatable bonds is 5. The first kappa shape index (κ1) is 26.0. The van der Waals surface area contributed by atoms with Crippen molar-refractivity contribution in [1.82, 2.24) is 19.9 Å². The van der Waals surface area contributed by atoms with E-state index in [4.69, 9.17) is 21.0 Å². The average Bonchev–Trinajstić information content (AvgIpc) is 3.47. The fourth-order valence-electron chi connectivity index (χ4n) is 5.64. The molecule has 0 radical (unpaired) electrons. The van der Waals surface area contributed by atoms with Crippen LogP contribution in [0.15, 0.2) is 144 Å². The van der Waals surface area contributed by atoms with E-state index in [1.54, 1.807) is 0 Å². The number of furan rings is 1. The molecule has 4 aromatic carbocycles. The molecule has 0 atom stereocenters. The molecule has 8 aromatic rings. The summed E-state index contributed by atoms with van der Waals surface area (Å²) in [5.41, 5.74) is 11.1. The highest BCUT2D eigenvalue weighted by atomic mass is 35.5. The second-order valence-corrected chi connectivity index (χ2v) is 10.8. The SMILES string of the molecule is Clc1nc(-c2cc(-c3ccc(-c4ccccn4)cc3)cc(-c3ccc(-c4ccccn4)cc3)c2)c2c(n1)oc1ccccc12. The van der Waals surface area contributed by atoms with E-state index in [1.807, 2.05) is 73.1 Å². The van der Waals surface area contributed by atoms with Gasteiger partial charge >= 0.3 is 0 Å². The van der Waals surface area contributed by atoms with Crippen LogP contribution in [0.3, 0.4) is 0 Å². The summed E-state index contributed by atoms with van der Waals surface area (Å²) in [4.78, 5) is 18.2. The number of pyridine rings is 2. The van der Waals surface area contributed by atoms with Crippen molar-refractivity contribution in [2.24, 2.45) is 0 Å². The number of aromatic nitrogens is 4. The van der Waals surface area contributed by atoms with E-state index in [2.05, 4.69) is 81.7 Å². The van der Waals surface area contributed by atoms with Gasteiger partial charge < -0.3 is 4.42 Å². The normalized spacial score (nSPS) is 11.3. The zero-order valence-corrected chi connectivity index (χ0v) is 24.1. The van der Waals surface area contributed by atoms with Gasteiger partial charge in [-0.05, 0) is 82.4 Å². The molecule has 6 heteroatoms. The lowest BCUT2D eigenvalue weighted by molar-refractivity contribution is 0.653. The Kier molecular flexibility index (Phi) is 6.43. The van der Waals surface area contributed by atoms with Crippen molar-refractivity contribution in [2.45, 2.75) is 0 Å². The molecule has 0 amide bonds. The Bertz CT molecular complexity index is 2160. The largest absolute Gasteiger partial charge is 0.438 e. The smallest absolute Gasteiger partial charge is 0.232 e. The number of nitrogens with zero attached hydrogens (tertiary/aromatic N) is 4. The Morgan fingerprint density at radius 2 is 1.00 bits per heavy atom. The van der Waals surface area contributed by atoms with Crippen LogP contribution in [0.25, 0.3) is 78.1 Å². The number of benzene rings is 4. The molecule has 0 aliphatic carbocycles. The Morgan fingerprint density at radius 1 is 0.477 bits per heavy atom. The first-order valence-electron chi connectivity index (χ1n) is 14.2. The predicted molar refractivity (Wildman–Crippen MR) is 177 cm³/mol. The number of halogens is 1. The fourth-order valence-corrected chi connectivity index (χ4v) is 5.80. The molecule has 44 heavy (non-hydrogen) atoms. The molecule has 208 valence electrons. The van der Waals surface area contributed by atoms with Crippen LogP contribution in [0.1, 0.15) is 0 Å². The molecule has 5 nitrogen and oxygen atoms in total. The van der Waals surface area contributed by atoms with Crippen LogP contribution >= 0.6 is 11.6 Å². The second-order valence-electron chi connectivity index (χ2n) is 10.5. The van der Waals surface area contributed by atoms with E-state index in [9.17, 15) is 0 Å². The van der Waals surface area contributed by atoms with Gasteiger partial charge in [0.1, 0.15) is 5.58 Å². The molecule has 0 aliphatic heterocycles. The van der Waals surface area contributed by atoms with E-state index in [-0.39, 0.29) is 5.28 Å². The third-order valence-corrected chi connectivity index (χ3v) is 7.94. The molecule has 0 fully saturated rings. The van der Waals surface area contributed by atoms with Crippen LogP contribution < -0.4 is 0 Å². The molecule has 0 saturated heterocycles. The van der Waals surface area contributed by atoms with E-state index in [0.717, 1.165) is 72.4 Å². The number of fused-ring (bicyclic) bond motifs is 3. The summed E-state index contributed by atoms with van der Waals surface area (Å²) in [7, 11) is 0. The van der Waals surface area contributed by atoms with Gasteiger partial charge in [0, 0.05) is 34.5 Å². The van der Waals surface area contributed by atoms with Crippen molar-refractivity contribution in [1.29, 1.82) is 0 Å². The standard InChI is InChI=1S/C38H23ClN4O/c39-38-42-36(35-31-7-1-2-10-34(31)44-37(35)43-38)30-22-28(24-11-15-26(16-12-24)32-8-3-5-19-40-32)21-29(23-30)25-13-17-27(18-14-25)33-9-4-6-20-41-33/h1-23H. The van der Waals surface area contributed by atoms with Crippen LogP contribution in [-0.2, 0) is 0 Å². The van der Waals surface area contributed by atoms with Crippen molar-refractivity contribution < 1.29 is 4.42 Å². The molecular weight excluding hydrogens is 564 g/mol. The van der Waals surface area contributed by atoms with Gasteiger partial charge in [0.25, 0.3) is 0 Å². The van der Waals surface area contributed by atoms with Crippen molar-refractivity contribution >= 4 is 33.7 Å². The Hall–Kier alpha value is -5.65. The van der Waals surface area contributed by atoms with Gasteiger partial charge in [0.05, 0.1) is 22.5 Å². The first-order valence-corrected chi connectivity index (χ1v) is 14.6. The highest BCUT2D eigenvalue weighted by Gasteiger charge is 2.18. The summed E-state index contributed by atoms with van der Waals surface area (Å²) in [5, 5.41) is 1.92. The average molecular weight is 587 g/mol. The summed E-state index contributed by atoms with van der Waals surface area (Å²) in [6.45, 7) is 0. The highest BCUT2D eigenvalue weighted by molar-refractivity contribution is 6.29. The van der Waals surface area contributed by atoms with E-state index in [0.29, 0.717) is 5.71 Å². The Labute approximate surface area is 258 Å². The van der Waals surface area contributed by atoms with Gasteiger partial charge in [-0.15, -0.1) is 0 Å². The number of hydrogen-bond donors (Lipinski definition) is 0. The Morgan fingerprint density at radius 3 is 1.57 bits per heavy atom. The molecule has 0 bridgehead atoms. The van der Waals surface area contributed by atoms with Crippen LogP contribution in [0.5, 0.6) is 0 Å². The summed E-state index contributed by atoms with van der Waals surface area (Å²) < 4.78 is 6.09. The number of hydrogen-bond acceptors (Lipinski definition) is 5. The van der Waals surface area contributed by atoms with E-state index < -0.39 is 0 Å². The third-order valence-electron chi connectivity index (χ3n) is 7.78. The lowest BCUT2D eigenvalue weighted by Gasteiger charge is -2.12. The molecule has 0 saturated carbocycles. The highest BCUT2D eigenvalue weighted by Crippen LogP contribution is 2.39. The van der Waals surface area contributed by atoms with Gasteiger partial charge in [-0.1, -0.05) is 78.9 Å². The predicted octanol–water partition coefficient (Wildman–Crippen LogP) is 10.2. The Balaban J connectivity index is 1.30. The van der Waals surface area contributed by atoms with E-state index in [1.165, 1.54) is 0 Å². The van der Waals surface area contributed by atoms with E-state index >= 15 is 0 Å². The lowest BCUT2D eigenvalue weighted by Crippen LogP contribution is -1.92. The molecule has 4 aromatic heterocycles. The molecular formula is C38H23ClN4O. The van der Waals surface area contributed by atoms with Gasteiger partial charge in [0.2, 0.25) is 11.0 Å². The molecule has 0 N–H and O–H groups in total. The quantitative estimate of drug-likeness (QED) is 0.188.